The number of carboxylic acid groups (broad SMARTS) is 1. The van der Waals surface area contributed by atoms with Crippen molar-refractivity contribution in [3.8, 4) is 0 Å². The predicted molar refractivity (Wildman–Crippen MR) is 32.2 cm³/mol. The molecule has 0 spiro atoms. The lowest BCUT2D eigenvalue weighted by atomic mass is 10.2. The lowest BCUT2D eigenvalue weighted by Gasteiger charge is -1.96. The molecule has 1 unspecified atom stereocenters. The molecule has 0 aliphatic carbocycles. The summed E-state index contributed by atoms with van der Waals surface area (Å²) in [5.74, 6) is 0.175. The zero-order chi connectivity index (χ0) is 7.44. The van der Waals surface area contributed by atoms with E-state index >= 15 is 0 Å². The van der Waals surface area contributed by atoms with Gasteiger partial charge in [0.2, 0.25) is 0 Å². The van der Waals surface area contributed by atoms with Gasteiger partial charge in [0.15, 0.2) is 5.38 Å². The van der Waals surface area contributed by atoms with Crippen LogP contribution in [0, 0.1) is 0 Å². The van der Waals surface area contributed by atoms with Crippen molar-refractivity contribution >= 4 is 23.5 Å². The highest BCUT2D eigenvalue weighted by Gasteiger charge is 2.15. The van der Waals surface area contributed by atoms with E-state index in [0.717, 1.165) is 0 Å². The Kier molecular flexibility index (Phi) is 2.99. The molecule has 0 radical (unpaired) electrons. The summed E-state index contributed by atoms with van der Waals surface area (Å²) in [6.07, 6.45) is 0. The molecule has 0 aromatic carbocycles. The Hall–Kier alpha value is -0.790. The van der Waals surface area contributed by atoms with Gasteiger partial charge in [-0.2, -0.15) is 0 Å². The summed E-state index contributed by atoms with van der Waals surface area (Å²) in [5.41, 5.74) is -0.0100. The average molecular weight is 149 g/mol. The Bertz CT molecular complexity index is 169. The van der Waals surface area contributed by atoms with Crippen molar-refractivity contribution in [3.63, 3.8) is 0 Å². The first-order valence-electron chi connectivity index (χ1n) is 2.18. The minimum Gasteiger partial charge on any atom is -0.480 e. The smallest absolute Gasteiger partial charge is 0.326 e. The Morgan fingerprint density at radius 2 is 2.22 bits per heavy atom. The molecule has 0 aliphatic rings. The van der Waals surface area contributed by atoms with Crippen molar-refractivity contribution < 1.29 is 14.7 Å². The Labute approximate surface area is 56.9 Å². The third kappa shape index (κ3) is 2.31. The molecule has 1 N–H and O–H groups in total. The van der Waals surface area contributed by atoms with E-state index in [4.69, 9.17) is 16.7 Å². The molecule has 0 heterocycles. The van der Waals surface area contributed by atoms with Crippen LogP contribution in [0.15, 0.2) is 5.57 Å². The quantitative estimate of drug-likeness (QED) is 0.457. The molecule has 0 rings (SSSR count). The highest BCUT2D eigenvalue weighted by atomic mass is 35.5. The number of carbonyl (C=O) groups is 1. The molecule has 1 atom stereocenters. The second kappa shape index (κ2) is 3.28. The summed E-state index contributed by atoms with van der Waals surface area (Å²) in [6.45, 7) is 1.32. The van der Waals surface area contributed by atoms with Gasteiger partial charge in [0.05, 0.1) is 0 Å². The number of rotatable bonds is 2. The topological polar surface area (TPSA) is 54.4 Å². The van der Waals surface area contributed by atoms with Crippen LogP contribution in [0.2, 0.25) is 0 Å². The molecule has 4 heteroatoms. The summed E-state index contributed by atoms with van der Waals surface area (Å²) < 4.78 is 0. The lowest BCUT2D eigenvalue weighted by molar-refractivity contribution is -0.135. The van der Waals surface area contributed by atoms with Gasteiger partial charge in [0.25, 0.3) is 0 Å². The number of halogens is 1. The maximum atomic E-state index is 9.97. The van der Waals surface area contributed by atoms with Gasteiger partial charge >= 0.3 is 5.97 Å². The molecule has 0 fully saturated rings. The van der Waals surface area contributed by atoms with Crippen LogP contribution in [0.1, 0.15) is 6.92 Å². The van der Waals surface area contributed by atoms with Crippen LogP contribution in [0.3, 0.4) is 0 Å². The van der Waals surface area contributed by atoms with Crippen molar-refractivity contribution in [2.45, 2.75) is 12.3 Å². The van der Waals surface area contributed by atoms with Gasteiger partial charge in [-0.25, -0.2) is 4.79 Å². The van der Waals surface area contributed by atoms with Crippen LogP contribution in [-0.2, 0) is 9.59 Å². The molecule has 0 saturated heterocycles. The molecule has 0 saturated carbocycles. The van der Waals surface area contributed by atoms with Crippen LogP contribution in [0.4, 0.5) is 0 Å². The number of aliphatic carboxylic acids is 1. The fraction of sp³-hybridized carbons (Fsp3) is 0.400. The summed E-state index contributed by atoms with van der Waals surface area (Å²) in [5, 5.41) is 6.92. The van der Waals surface area contributed by atoms with E-state index in [1.807, 2.05) is 0 Å². The second-order valence-corrected chi connectivity index (χ2v) is 1.92. The van der Waals surface area contributed by atoms with Gasteiger partial charge in [0.1, 0.15) is 5.94 Å². The first-order chi connectivity index (χ1) is 4.09. The molecule has 9 heavy (non-hydrogen) atoms. The third-order valence-corrected chi connectivity index (χ3v) is 1.27. The number of alkyl halides is 1. The zero-order valence-corrected chi connectivity index (χ0v) is 5.47. The van der Waals surface area contributed by atoms with E-state index in [2.05, 4.69) is 0 Å². The minimum absolute atomic E-state index is 0.0100. The first kappa shape index (κ1) is 8.21. The molecule has 50 valence electrons. The molecule has 0 bridgehead atoms. The van der Waals surface area contributed by atoms with E-state index in [1.165, 1.54) is 12.9 Å². The normalized spacial score (nSPS) is 11.8. The van der Waals surface area contributed by atoms with E-state index in [0.29, 0.717) is 0 Å². The van der Waals surface area contributed by atoms with Gasteiger partial charge in [0, 0.05) is 5.57 Å². The Balaban J connectivity index is 4.21. The highest BCUT2D eigenvalue weighted by Crippen LogP contribution is 2.04. The second-order valence-electron chi connectivity index (χ2n) is 1.49. The monoisotopic (exact) mass is 148 g/mol. The minimum atomic E-state index is -1.23. The highest BCUT2D eigenvalue weighted by molar-refractivity contribution is 6.32. The van der Waals surface area contributed by atoms with Crippen molar-refractivity contribution in [1.29, 1.82) is 0 Å². The third-order valence-electron chi connectivity index (χ3n) is 0.758. The number of carboxylic acids is 1. The van der Waals surface area contributed by atoms with Crippen LogP contribution in [0.25, 0.3) is 0 Å². The van der Waals surface area contributed by atoms with E-state index in [9.17, 15) is 9.59 Å². The fourth-order valence-electron chi connectivity index (χ4n) is 0.237. The maximum absolute atomic E-state index is 9.97. The molecule has 0 aliphatic heterocycles. The Morgan fingerprint density at radius 1 is 1.78 bits per heavy atom. The van der Waals surface area contributed by atoms with Gasteiger partial charge in [-0.3, -0.25) is 4.79 Å². The molecular weight excluding hydrogens is 144 g/mol. The Morgan fingerprint density at radius 3 is 2.33 bits per heavy atom. The molecule has 0 aromatic rings. The van der Waals surface area contributed by atoms with Gasteiger partial charge in [-0.05, 0) is 6.92 Å². The van der Waals surface area contributed by atoms with Crippen molar-refractivity contribution in [3.05, 3.63) is 5.57 Å². The number of hydrogen-bond donors (Lipinski definition) is 1. The van der Waals surface area contributed by atoms with E-state index in [-0.39, 0.29) is 5.57 Å². The molecule has 0 amide bonds. The van der Waals surface area contributed by atoms with Crippen molar-refractivity contribution in [1.82, 2.24) is 0 Å². The van der Waals surface area contributed by atoms with Gasteiger partial charge < -0.3 is 5.11 Å². The fourth-order valence-corrected chi connectivity index (χ4v) is 0.281. The summed E-state index contributed by atoms with van der Waals surface area (Å²) in [4.78, 5) is 19.7. The average Bonchev–Trinajstić information content (AvgIpc) is 1.84. The standard InChI is InChI=1S/C5H5ClO3/c1-3(2-7)4(6)5(8)9/h4H,1H3,(H,8,9). The molecule has 0 aromatic heterocycles. The van der Waals surface area contributed by atoms with E-state index < -0.39 is 11.3 Å². The van der Waals surface area contributed by atoms with Crippen molar-refractivity contribution in [2.75, 3.05) is 0 Å². The maximum Gasteiger partial charge on any atom is 0.326 e. The van der Waals surface area contributed by atoms with Crippen molar-refractivity contribution in [2.24, 2.45) is 0 Å². The van der Waals surface area contributed by atoms with Gasteiger partial charge in [-0.15, -0.1) is 11.6 Å². The summed E-state index contributed by atoms with van der Waals surface area (Å²) >= 11 is 5.17. The summed E-state index contributed by atoms with van der Waals surface area (Å²) in [6, 6.07) is 0. The van der Waals surface area contributed by atoms with E-state index in [1.54, 1.807) is 0 Å². The van der Waals surface area contributed by atoms with Crippen LogP contribution < -0.4 is 0 Å². The number of carbonyl (C=O) groups excluding carboxylic acids is 1. The molecule has 3 nitrogen and oxygen atoms in total. The number of hydrogen-bond acceptors (Lipinski definition) is 2. The van der Waals surface area contributed by atoms with Crippen LogP contribution in [0.5, 0.6) is 0 Å². The predicted octanol–water partition coefficient (Wildman–Crippen LogP) is 0.456. The zero-order valence-electron chi connectivity index (χ0n) is 4.72. The van der Waals surface area contributed by atoms with Crippen LogP contribution in [-0.4, -0.2) is 22.4 Å². The summed E-state index contributed by atoms with van der Waals surface area (Å²) in [7, 11) is 0. The molecular formula is C5H5ClO3. The lowest BCUT2D eigenvalue weighted by Crippen LogP contribution is -2.14. The SMILES string of the molecule is CC(=C=O)C(Cl)C(=O)O. The first-order valence-corrected chi connectivity index (χ1v) is 2.61. The largest absolute Gasteiger partial charge is 0.480 e. The van der Waals surface area contributed by atoms with Gasteiger partial charge in [-0.1, -0.05) is 0 Å². The van der Waals surface area contributed by atoms with Crippen LogP contribution >= 0.6 is 11.6 Å².